The number of hydrogen-bond donors (Lipinski definition) is 0. The molecule has 0 rings (SSSR count). The summed E-state index contributed by atoms with van der Waals surface area (Å²) in [5, 5.41) is 0. The van der Waals surface area contributed by atoms with Gasteiger partial charge in [-0.2, -0.15) is 0 Å². The van der Waals surface area contributed by atoms with E-state index in [2.05, 4.69) is 106 Å². The van der Waals surface area contributed by atoms with E-state index in [9.17, 15) is 14.4 Å². The largest absolute Gasteiger partial charge is 0.462 e. The minimum Gasteiger partial charge on any atom is -0.462 e. The van der Waals surface area contributed by atoms with Crippen molar-refractivity contribution in [3.8, 4) is 0 Å². The molecule has 6 nitrogen and oxygen atoms in total. The van der Waals surface area contributed by atoms with Crippen molar-refractivity contribution < 1.29 is 28.6 Å². The second kappa shape index (κ2) is 55.2. The lowest BCUT2D eigenvalue weighted by atomic mass is 10.1. The molecule has 0 radical (unpaired) electrons. The normalized spacial score (nSPS) is 12.7. The lowest BCUT2D eigenvalue weighted by Gasteiger charge is -2.18. The summed E-state index contributed by atoms with van der Waals surface area (Å²) in [7, 11) is 0. The van der Waals surface area contributed by atoms with E-state index in [4.69, 9.17) is 14.2 Å². The maximum atomic E-state index is 12.8. The lowest BCUT2D eigenvalue weighted by Crippen LogP contribution is -2.30. The smallest absolute Gasteiger partial charge is 0.306 e. The summed E-state index contributed by atoms with van der Waals surface area (Å²) in [6.45, 7) is 6.47. The molecule has 67 heavy (non-hydrogen) atoms. The van der Waals surface area contributed by atoms with Gasteiger partial charge in [0, 0.05) is 19.3 Å². The number of esters is 3. The Morgan fingerprint density at radius 1 is 0.313 bits per heavy atom. The number of carbonyl (C=O) groups is 3. The van der Waals surface area contributed by atoms with Gasteiger partial charge in [-0.3, -0.25) is 14.4 Å². The van der Waals surface area contributed by atoms with E-state index in [1.807, 2.05) is 0 Å². The van der Waals surface area contributed by atoms with Crippen LogP contribution < -0.4 is 0 Å². The molecule has 0 saturated carbocycles. The third kappa shape index (κ3) is 53.4. The zero-order chi connectivity index (χ0) is 48.6. The van der Waals surface area contributed by atoms with Gasteiger partial charge in [-0.25, -0.2) is 0 Å². The van der Waals surface area contributed by atoms with Gasteiger partial charge in [0.1, 0.15) is 13.2 Å². The van der Waals surface area contributed by atoms with Gasteiger partial charge in [0.05, 0.1) is 0 Å². The summed E-state index contributed by atoms with van der Waals surface area (Å²) < 4.78 is 16.8. The summed E-state index contributed by atoms with van der Waals surface area (Å²) in [6.07, 6.45) is 71.3. The maximum absolute atomic E-state index is 12.8. The van der Waals surface area contributed by atoms with Crippen molar-refractivity contribution in [2.45, 2.75) is 271 Å². The van der Waals surface area contributed by atoms with Crippen LogP contribution in [0.25, 0.3) is 0 Å². The molecule has 0 spiro atoms. The highest BCUT2D eigenvalue weighted by Crippen LogP contribution is 2.14. The second-order valence-corrected chi connectivity index (χ2v) is 18.6. The van der Waals surface area contributed by atoms with Crippen LogP contribution in [-0.4, -0.2) is 37.2 Å². The van der Waals surface area contributed by atoms with Crippen LogP contribution >= 0.6 is 0 Å². The van der Waals surface area contributed by atoms with Gasteiger partial charge in [0.2, 0.25) is 0 Å². The average molecular weight is 933 g/mol. The van der Waals surface area contributed by atoms with Gasteiger partial charge in [-0.15, -0.1) is 0 Å². The van der Waals surface area contributed by atoms with E-state index in [0.717, 1.165) is 109 Å². The van der Waals surface area contributed by atoms with Gasteiger partial charge in [-0.05, 0) is 89.9 Å². The molecule has 0 aliphatic rings. The van der Waals surface area contributed by atoms with Crippen molar-refractivity contribution in [2.24, 2.45) is 0 Å². The van der Waals surface area contributed by atoms with Gasteiger partial charge >= 0.3 is 17.9 Å². The summed E-state index contributed by atoms with van der Waals surface area (Å²) in [6, 6.07) is 0. The highest BCUT2D eigenvalue weighted by molar-refractivity contribution is 5.71. The van der Waals surface area contributed by atoms with Crippen molar-refractivity contribution >= 4 is 17.9 Å². The molecule has 384 valence electrons. The fourth-order valence-corrected chi connectivity index (χ4v) is 7.73. The third-order valence-electron chi connectivity index (χ3n) is 12.0. The molecule has 0 heterocycles. The SMILES string of the molecule is CC\C=C/C=C\C=C/CCCCCCCCCC(=O)OCC(COC(=O)CCCCCCC\C=C/C=C\C=C/CCCCCCC)OC(=O)CCCCCCC/C=C\CCCCCCCCC. The molecule has 0 amide bonds. The summed E-state index contributed by atoms with van der Waals surface area (Å²) >= 11 is 0. The van der Waals surface area contributed by atoms with Crippen molar-refractivity contribution in [3.63, 3.8) is 0 Å². The molecule has 0 bridgehead atoms. The molecule has 0 aromatic heterocycles. The first-order valence-corrected chi connectivity index (χ1v) is 28.2. The molecular formula is C61H104O6. The fourth-order valence-electron chi connectivity index (χ4n) is 7.73. The Morgan fingerprint density at radius 3 is 0.940 bits per heavy atom. The first-order chi connectivity index (χ1) is 33.0. The molecule has 0 fully saturated rings. The first kappa shape index (κ1) is 63.6. The Labute approximate surface area is 414 Å². The van der Waals surface area contributed by atoms with E-state index < -0.39 is 6.10 Å². The zero-order valence-electron chi connectivity index (χ0n) is 43.9. The number of allylic oxidation sites excluding steroid dienone is 14. The first-order valence-electron chi connectivity index (χ1n) is 28.2. The Kier molecular flexibility index (Phi) is 52.4. The van der Waals surface area contributed by atoms with E-state index in [-0.39, 0.29) is 31.1 Å². The molecule has 6 heteroatoms. The topological polar surface area (TPSA) is 78.9 Å². The minimum atomic E-state index is -0.795. The zero-order valence-corrected chi connectivity index (χ0v) is 43.9. The Balaban J connectivity index is 4.45. The average Bonchev–Trinajstić information content (AvgIpc) is 3.33. The molecule has 0 aromatic rings. The van der Waals surface area contributed by atoms with Crippen molar-refractivity contribution in [1.29, 1.82) is 0 Å². The molecular weight excluding hydrogens is 829 g/mol. The van der Waals surface area contributed by atoms with Crippen LogP contribution in [0.1, 0.15) is 265 Å². The summed E-state index contributed by atoms with van der Waals surface area (Å²) in [5.41, 5.74) is 0. The van der Waals surface area contributed by atoms with Crippen LogP contribution in [0, 0.1) is 0 Å². The number of carbonyl (C=O) groups excluding carboxylic acids is 3. The predicted octanol–water partition coefficient (Wildman–Crippen LogP) is 18.8. The van der Waals surface area contributed by atoms with Gasteiger partial charge in [0.25, 0.3) is 0 Å². The van der Waals surface area contributed by atoms with Crippen molar-refractivity contribution in [2.75, 3.05) is 13.2 Å². The third-order valence-corrected chi connectivity index (χ3v) is 12.0. The highest BCUT2D eigenvalue weighted by Gasteiger charge is 2.19. The summed E-state index contributed by atoms with van der Waals surface area (Å²) in [4.78, 5) is 38.1. The fraction of sp³-hybridized carbons (Fsp3) is 0.721. The standard InChI is InChI=1S/C61H104O6/c1-4-7-10-13-16-19-22-25-28-30-31-34-36-39-42-45-48-51-54-60(63)66-57-58(56-65-59(62)53-50-47-44-41-38-35-32-27-24-21-18-15-12-9-6-3)67-61(64)55-52-49-46-43-40-37-33-29-26-23-20-17-14-11-8-5-2/h9,12,15,18,21-22,24-25,28-31,33-34,58H,4-8,10-11,13-14,16-17,19-20,23,26-27,32,35-57H2,1-3H3/b12-9-,18-15-,24-21-,25-22-,30-28-,33-29-,34-31-. The Bertz CT molecular complexity index is 1300. The lowest BCUT2D eigenvalue weighted by molar-refractivity contribution is -0.167. The maximum Gasteiger partial charge on any atom is 0.306 e. The number of rotatable bonds is 50. The summed E-state index contributed by atoms with van der Waals surface area (Å²) in [5.74, 6) is -0.928. The number of hydrogen-bond acceptors (Lipinski definition) is 6. The van der Waals surface area contributed by atoms with Crippen molar-refractivity contribution in [1.82, 2.24) is 0 Å². The van der Waals surface area contributed by atoms with Crippen LogP contribution in [-0.2, 0) is 28.6 Å². The second-order valence-electron chi connectivity index (χ2n) is 18.6. The number of ether oxygens (including phenoxy) is 3. The predicted molar refractivity (Wildman–Crippen MR) is 288 cm³/mol. The Morgan fingerprint density at radius 2 is 0.597 bits per heavy atom. The molecule has 1 atom stereocenters. The molecule has 0 aliphatic heterocycles. The van der Waals surface area contributed by atoms with Crippen LogP contribution in [0.4, 0.5) is 0 Å². The minimum absolute atomic E-state index is 0.0931. The Hall–Kier alpha value is -3.41. The highest BCUT2D eigenvalue weighted by atomic mass is 16.6. The van der Waals surface area contributed by atoms with Crippen LogP contribution in [0.5, 0.6) is 0 Å². The van der Waals surface area contributed by atoms with Gasteiger partial charge in [-0.1, -0.05) is 241 Å². The molecule has 0 aromatic carbocycles. The van der Waals surface area contributed by atoms with Crippen molar-refractivity contribution in [3.05, 3.63) is 85.1 Å². The van der Waals surface area contributed by atoms with Crippen LogP contribution in [0.2, 0.25) is 0 Å². The van der Waals surface area contributed by atoms with E-state index >= 15 is 0 Å². The molecule has 1 unspecified atom stereocenters. The molecule has 0 aliphatic carbocycles. The van der Waals surface area contributed by atoms with Gasteiger partial charge in [0.15, 0.2) is 6.10 Å². The molecule has 0 saturated heterocycles. The monoisotopic (exact) mass is 933 g/mol. The van der Waals surface area contributed by atoms with Crippen LogP contribution in [0.15, 0.2) is 85.1 Å². The van der Waals surface area contributed by atoms with Gasteiger partial charge < -0.3 is 14.2 Å². The van der Waals surface area contributed by atoms with E-state index in [0.29, 0.717) is 19.3 Å². The van der Waals surface area contributed by atoms with E-state index in [1.54, 1.807) is 0 Å². The number of unbranched alkanes of at least 4 members (excludes halogenated alkanes) is 29. The van der Waals surface area contributed by atoms with Crippen LogP contribution in [0.3, 0.4) is 0 Å². The quantitative estimate of drug-likeness (QED) is 0.0199. The van der Waals surface area contributed by atoms with E-state index in [1.165, 1.54) is 116 Å². The molecule has 0 N–H and O–H groups in total.